The van der Waals surface area contributed by atoms with Crippen LogP contribution in [0.5, 0.6) is 0 Å². The molecule has 1 aromatic rings. The Hall–Kier alpha value is -1.01. The highest BCUT2D eigenvalue weighted by molar-refractivity contribution is 9.10. The van der Waals surface area contributed by atoms with Crippen molar-refractivity contribution >= 4 is 21.8 Å². The van der Waals surface area contributed by atoms with Gasteiger partial charge in [-0.25, -0.2) is 8.78 Å². The Bertz CT molecular complexity index is 412. The van der Waals surface area contributed by atoms with E-state index in [0.717, 1.165) is 12.1 Å². The summed E-state index contributed by atoms with van der Waals surface area (Å²) < 4.78 is 25.9. The zero-order valence-corrected chi connectivity index (χ0v) is 10.1. The number of amides is 1. The van der Waals surface area contributed by atoms with E-state index in [1.807, 2.05) is 0 Å². The first-order valence-corrected chi connectivity index (χ1v) is 5.40. The lowest BCUT2D eigenvalue weighted by Crippen LogP contribution is -2.38. The predicted molar refractivity (Wildman–Crippen MR) is 60.0 cm³/mol. The fraction of sp³-hybridized carbons (Fsp3) is 0.300. The van der Waals surface area contributed by atoms with Crippen LogP contribution in [0.2, 0.25) is 0 Å². The molecule has 1 amide bonds. The molecule has 0 spiro atoms. The number of hydrogen-bond donors (Lipinski definition) is 2. The largest absolute Gasteiger partial charge is 0.348 e. The summed E-state index contributed by atoms with van der Waals surface area (Å²) in [5, 5.41) is 2.55. The second-order valence-electron chi connectivity index (χ2n) is 3.36. The van der Waals surface area contributed by atoms with E-state index in [2.05, 4.69) is 21.2 Å². The first kappa shape index (κ1) is 13.1. The Balaban J connectivity index is 2.96. The van der Waals surface area contributed by atoms with Crippen molar-refractivity contribution in [1.82, 2.24) is 5.32 Å². The molecule has 3 N–H and O–H groups in total. The fourth-order valence-corrected chi connectivity index (χ4v) is 1.55. The average Bonchev–Trinajstić information content (AvgIpc) is 2.23. The van der Waals surface area contributed by atoms with Crippen molar-refractivity contribution < 1.29 is 13.6 Å². The van der Waals surface area contributed by atoms with Crippen molar-refractivity contribution in [2.24, 2.45) is 5.73 Å². The van der Waals surface area contributed by atoms with Crippen LogP contribution in [0.1, 0.15) is 17.3 Å². The van der Waals surface area contributed by atoms with Crippen LogP contribution in [0, 0.1) is 11.6 Å². The Labute approximate surface area is 100 Å². The van der Waals surface area contributed by atoms with E-state index in [0.29, 0.717) is 0 Å². The molecule has 1 atom stereocenters. The van der Waals surface area contributed by atoms with Gasteiger partial charge < -0.3 is 11.1 Å². The van der Waals surface area contributed by atoms with Gasteiger partial charge in [-0.1, -0.05) is 0 Å². The molecule has 6 heteroatoms. The van der Waals surface area contributed by atoms with Gasteiger partial charge in [0.15, 0.2) is 11.6 Å². The molecular weight excluding hydrogens is 282 g/mol. The molecule has 3 nitrogen and oxygen atoms in total. The fourth-order valence-electron chi connectivity index (χ4n) is 1.06. The van der Waals surface area contributed by atoms with Crippen LogP contribution in [0.25, 0.3) is 0 Å². The summed E-state index contributed by atoms with van der Waals surface area (Å²) in [5.74, 6) is -2.56. The van der Waals surface area contributed by atoms with Crippen molar-refractivity contribution in [3.8, 4) is 0 Å². The van der Waals surface area contributed by atoms with Crippen molar-refractivity contribution in [3.05, 3.63) is 33.8 Å². The minimum Gasteiger partial charge on any atom is -0.348 e. The highest BCUT2D eigenvalue weighted by Gasteiger charge is 2.15. The number of carbonyl (C=O) groups excluding carboxylic acids is 1. The van der Waals surface area contributed by atoms with E-state index in [4.69, 9.17) is 5.73 Å². The molecule has 0 aliphatic heterocycles. The topological polar surface area (TPSA) is 55.1 Å². The zero-order chi connectivity index (χ0) is 12.3. The molecule has 0 saturated carbocycles. The molecule has 0 heterocycles. The van der Waals surface area contributed by atoms with Crippen LogP contribution in [0.3, 0.4) is 0 Å². The van der Waals surface area contributed by atoms with Gasteiger partial charge in [0.25, 0.3) is 5.91 Å². The molecule has 0 aromatic heterocycles. The van der Waals surface area contributed by atoms with Crippen molar-refractivity contribution in [3.63, 3.8) is 0 Å². The van der Waals surface area contributed by atoms with Gasteiger partial charge in [-0.15, -0.1) is 0 Å². The first-order chi connectivity index (χ1) is 7.45. The summed E-state index contributed by atoms with van der Waals surface area (Å²) in [6.07, 6.45) is 0. The molecule has 0 aliphatic rings. The lowest BCUT2D eigenvalue weighted by Gasteiger charge is -2.12. The van der Waals surface area contributed by atoms with Gasteiger partial charge in [-0.05, 0) is 35.0 Å². The van der Waals surface area contributed by atoms with E-state index in [9.17, 15) is 13.6 Å². The van der Waals surface area contributed by atoms with Crippen molar-refractivity contribution in [2.45, 2.75) is 13.0 Å². The van der Waals surface area contributed by atoms with Crippen LogP contribution in [-0.4, -0.2) is 18.5 Å². The van der Waals surface area contributed by atoms with Crippen molar-refractivity contribution in [1.29, 1.82) is 0 Å². The Morgan fingerprint density at radius 3 is 2.62 bits per heavy atom. The molecule has 1 rings (SSSR count). The molecule has 88 valence electrons. The molecule has 0 saturated heterocycles. The van der Waals surface area contributed by atoms with E-state index in [1.165, 1.54) is 0 Å². The van der Waals surface area contributed by atoms with Crippen LogP contribution in [-0.2, 0) is 0 Å². The van der Waals surface area contributed by atoms with Gasteiger partial charge in [-0.2, -0.15) is 0 Å². The lowest BCUT2D eigenvalue weighted by molar-refractivity contribution is 0.0940. The monoisotopic (exact) mass is 292 g/mol. The number of nitrogens with two attached hydrogens (primary N) is 1. The second kappa shape index (κ2) is 5.36. The molecule has 0 bridgehead atoms. The third-order valence-electron chi connectivity index (χ3n) is 1.99. The van der Waals surface area contributed by atoms with Gasteiger partial charge in [0.05, 0.1) is 5.56 Å². The summed E-state index contributed by atoms with van der Waals surface area (Å²) >= 11 is 2.99. The van der Waals surface area contributed by atoms with E-state index < -0.39 is 17.5 Å². The molecule has 0 radical (unpaired) electrons. The van der Waals surface area contributed by atoms with Crippen LogP contribution in [0.4, 0.5) is 8.78 Å². The molecular formula is C10H11BrF2N2O. The number of nitrogens with one attached hydrogen (secondary N) is 1. The molecule has 0 aliphatic carbocycles. The highest BCUT2D eigenvalue weighted by Crippen LogP contribution is 2.20. The van der Waals surface area contributed by atoms with Crippen LogP contribution >= 0.6 is 15.9 Å². The Morgan fingerprint density at radius 2 is 2.06 bits per heavy atom. The highest BCUT2D eigenvalue weighted by atomic mass is 79.9. The van der Waals surface area contributed by atoms with Crippen molar-refractivity contribution in [2.75, 3.05) is 6.54 Å². The molecule has 0 unspecified atom stereocenters. The molecule has 1 aromatic carbocycles. The Kier molecular flexibility index (Phi) is 4.37. The normalized spacial score (nSPS) is 12.3. The number of halogens is 3. The van der Waals surface area contributed by atoms with Crippen LogP contribution in [0.15, 0.2) is 16.6 Å². The third-order valence-corrected chi connectivity index (χ3v) is 2.64. The molecule has 16 heavy (non-hydrogen) atoms. The summed E-state index contributed by atoms with van der Waals surface area (Å²) in [4.78, 5) is 11.6. The average molecular weight is 293 g/mol. The third kappa shape index (κ3) is 2.99. The lowest BCUT2D eigenvalue weighted by atomic mass is 10.2. The number of benzene rings is 1. The quantitative estimate of drug-likeness (QED) is 0.835. The van der Waals surface area contributed by atoms with Gasteiger partial charge in [0, 0.05) is 17.1 Å². The predicted octanol–water partition coefficient (Wildman–Crippen LogP) is 1.80. The van der Waals surface area contributed by atoms with Gasteiger partial charge in [-0.3, -0.25) is 4.79 Å². The summed E-state index contributed by atoms with van der Waals surface area (Å²) in [6, 6.07) is 1.53. The van der Waals surface area contributed by atoms with Gasteiger partial charge in [0.1, 0.15) is 0 Å². The minimum absolute atomic E-state index is 0.0409. The zero-order valence-electron chi connectivity index (χ0n) is 8.56. The first-order valence-electron chi connectivity index (χ1n) is 4.61. The maximum absolute atomic E-state index is 12.9. The summed E-state index contributed by atoms with van der Waals surface area (Å²) in [5.41, 5.74) is 5.37. The SMILES string of the molecule is C[C@H](CN)NC(=O)c1cc(F)c(F)cc1Br. The minimum atomic E-state index is -1.06. The maximum atomic E-state index is 12.9. The van der Waals surface area contributed by atoms with E-state index in [-0.39, 0.29) is 22.6 Å². The Morgan fingerprint density at radius 1 is 1.50 bits per heavy atom. The van der Waals surface area contributed by atoms with E-state index in [1.54, 1.807) is 6.92 Å². The molecule has 0 fully saturated rings. The van der Waals surface area contributed by atoms with Gasteiger partial charge >= 0.3 is 0 Å². The van der Waals surface area contributed by atoms with Gasteiger partial charge in [0.2, 0.25) is 0 Å². The smallest absolute Gasteiger partial charge is 0.252 e. The standard InChI is InChI=1S/C10H11BrF2N2O/c1-5(4-14)15-10(16)6-2-8(12)9(13)3-7(6)11/h2-3,5H,4,14H2,1H3,(H,15,16)/t5-/m1/s1. The number of rotatable bonds is 3. The summed E-state index contributed by atoms with van der Waals surface area (Å²) in [7, 11) is 0. The second-order valence-corrected chi connectivity index (χ2v) is 4.21. The maximum Gasteiger partial charge on any atom is 0.252 e. The van der Waals surface area contributed by atoms with E-state index >= 15 is 0 Å². The number of hydrogen-bond acceptors (Lipinski definition) is 2. The summed E-state index contributed by atoms with van der Waals surface area (Å²) in [6.45, 7) is 1.98. The number of carbonyl (C=O) groups is 1. The van der Waals surface area contributed by atoms with Crippen LogP contribution < -0.4 is 11.1 Å².